The zero-order valence-corrected chi connectivity index (χ0v) is 31.9. The molecule has 0 atom stereocenters. The van der Waals surface area contributed by atoms with Crippen molar-refractivity contribution >= 4 is 71.9 Å². The zero-order valence-electron chi connectivity index (χ0n) is 27.3. The molecule has 0 amide bonds. The van der Waals surface area contributed by atoms with Gasteiger partial charge in [0.15, 0.2) is 0 Å². The summed E-state index contributed by atoms with van der Waals surface area (Å²) in [6.45, 7) is 4.68. The molecule has 0 bridgehead atoms. The van der Waals surface area contributed by atoms with Gasteiger partial charge in [-0.2, -0.15) is 0 Å². The number of hydrogen-bond donors (Lipinski definition) is 0. The molecule has 0 aliphatic rings. The fourth-order valence-corrected chi connectivity index (χ4v) is 13.8. The fraction of sp³-hybridized carbons (Fsp3) is 0.0909. The van der Waals surface area contributed by atoms with Crippen molar-refractivity contribution in [3.8, 4) is 0 Å². The van der Waals surface area contributed by atoms with Crippen LogP contribution in [0, 0.1) is 14.9 Å². The first-order valence-electron chi connectivity index (χ1n) is 15.6. The second-order valence-electron chi connectivity index (χ2n) is 11.8. The van der Waals surface area contributed by atoms with Crippen LogP contribution in [0.1, 0.15) is 25.0 Å². The van der Waals surface area contributed by atoms with Crippen LogP contribution in [0.5, 0.6) is 0 Å². The summed E-state index contributed by atoms with van der Waals surface area (Å²) in [6, 6.07) is 55.4. The van der Waals surface area contributed by atoms with Gasteiger partial charge in [0.25, 0.3) is 0 Å². The zero-order chi connectivity index (χ0) is 29.0. The third-order valence-electron chi connectivity index (χ3n) is 9.65. The van der Waals surface area contributed by atoms with Gasteiger partial charge < -0.3 is 14.9 Å². The minimum atomic E-state index is -2.89. The summed E-state index contributed by atoms with van der Waals surface area (Å²) in [5.41, 5.74) is 2.95. The van der Waals surface area contributed by atoms with E-state index in [0.717, 1.165) is 12.8 Å². The first-order valence-corrected chi connectivity index (χ1v) is 17.6. The van der Waals surface area contributed by atoms with E-state index in [-0.39, 0.29) is 40.7 Å². The number of hydrogen-bond acceptors (Lipinski definition) is 0. The molecule has 0 N–H and O–H groups in total. The fourth-order valence-electron chi connectivity index (χ4n) is 7.88. The van der Waals surface area contributed by atoms with Gasteiger partial charge in [-0.3, -0.25) is 0 Å². The molecule has 46 heavy (non-hydrogen) atoms. The standard InChI is InChI=1S/C42H34Si.2CH3.Hf/c1-3-29-27-33-25-23-31-15-11-13-21-37(31)39(33)41(29)43(35-17-7-5-8-18-35,36-19-9-6-10-20-36)42-30(4-2)28-34-26-24-32-16-12-14-22-38(32)40(34)42;;;/h5-28H,3-4H2,1-2H3;2*1H3;/q-2;2*-1;+4. The molecule has 2 heteroatoms. The average molecular weight is 775 g/mol. The van der Waals surface area contributed by atoms with Crippen molar-refractivity contribution in [2.45, 2.75) is 26.7 Å². The van der Waals surface area contributed by atoms with E-state index in [2.05, 4.69) is 159 Å². The third kappa shape index (κ3) is 4.89. The van der Waals surface area contributed by atoms with Crippen LogP contribution in [0.4, 0.5) is 0 Å². The minimum Gasteiger partial charge on any atom is -0.358 e. The Morgan fingerprint density at radius 3 is 1.22 bits per heavy atom. The van der Waals surface area contributed by atoms with E-state index in [1.54, 1.807) is 10.4 Å². The molecular weight excluding hydrogens is 735 g/mol. The number of aryl methyl sites for hydroxylation is 2. The van der Waals surface area contributed by atoms with E-state index < -0.39 is 8.07 Å². The Hall–Kier alpha value is -3.85. The summed E-state index contributed by atoms with van der Waals surface area (Å²) in [6.07, 6.45) is 1.99. The van der Waals surface area contributed by atoms with E-state index in [0.29, 0.717) is 0 Å². The van der Waals surface area contributed by atoms with E-state index in [9.17, 15) is 0 Å². The Kier molecular flexibility index (Phi) is 9.82. The molecule has 0 spiro atoms. The van der Waals surface area contributed by atoms with Gasteiger partial charge in [0.05, 0.1) is 8.07 Å². The molecule has 0 aromatic heterocycles. The molecule has 0 unspecified atom stereocenters. The van der Waals surface area contributed by atoms with Crippen molar-refractivity contribution in [3.05, 3.63) is 172 Å². The molecule has 0 nitrogen and oxygen atoms in total. The van der Waals surface area contributed by atoms with Crippen LogP contribution in [0.25, 0.3) is 43.1 Å². The van der Waals surface area contributed by atoms with Crippen LogP contribution in [0.15, 0.2) is 146 Å². The Bertz CT molecular complexity index is 2090. The smallest absolute Gasteiger partial charge is 0.358 e. The normalized spacial score (nSPS) is 11.3. The van der Waals surface area contributed by atoms with E-state index in [4.69, 9.17) is 0 Å². The number of benzene rings is 6. The molecule has 8 rings (SSSR count). The van der Waals surface area contributed by atoms with Crippen molar-refractivity contribution in [1.29, 1.82) is 0 Å². The summed E-state index contributed by atoms with van der Waals surface area (Å²) in [7, 11) is -2.89. The summed E-state index contributed by atoms with van der Waals surface area (Å²) in [5, 5.41) is 16.9. The van der Waals surface area contributed by atoms with Crippen molar-refractivity contribution < 1.29 is 25.8 Å². The van der Waals surface area contributed by atoms with Crippen LogP contribution in [0.3, 0.4) is 0 Å². The summed E-state index contributed by atoms with van der Waals surface area (Å²) < 4.78 is 0. The van der Waals surface area contributed by atoms with Crippen molar-refractivity contribution in [2.75, 3.05) is 0 Å². The first kappa shape index (κ1) is 33.5. The second kappa shape index (κ2) is 13.5. The van der Waals surface area contributed by atoms with Crippen molar-refractivity contribution in [3.63, 3.8) is 0 Å². The van der Waals surface area contributed by atoms with Gasteiger partial charge in [0.2, 0.25) is 0 Å². The quantitative estimate of drug-likeness (QED) is 0.117. The summed E-state index contributed by atoms with van der Waals surface area (Å²) in [4.78, 5) is 0. The van der Waals surface area contributed by atoms with Crippen LogP contribution in [-0.4, -0.2) is 8.07 Å². The second-order valence-corrected chi connectivity index (χ2v) is 15.4. The number of fused-ring (bicyclic) bond motifs is 6. The monoisotopic (exact) mass is 776 g/mol. The average Bonchev–Trinajstić information content (AvgIpc) is 3.66. The molecule has 0 radical (unpaired) electrons. The van der Waals surface area contributed by atoms with Gasteiger partial charge in [0, 0.05) is 0 Å². The Labute approximate surface area is 294 Å². The Morgan fingerprint density at radius 2 is 0.826 bits per heavy atom. The maximum Gasteiger partial charge on any atom is 4.00 e. The van der Waals surface area contributed by atoms with Crippen LogP contribution in [0.2, 0.25) is 0 Å². The van der Waals surface area contributed by atoms with Gasteiger partial charge in [-0.1, -0.05) is 156 Å². The first-order chi connectivity index (χ1) is 21.3. The molecular formula is C44H40HfSi. The van der Waals surface area contributed by atoms with Crippen LogP contribution >= 0.6 is 0 Å². The predicted molar refractivity (Wildman–Crippen MR) is 203 cm³/mol. The Balaban J connectivity index is 0.00000139. The van der Waals surface area contributed by atoms with Gasteiger partial charge >= 0.3 is 25.8 Å². The van der Waals surface area contributed by atoms with E-state index >= 15 is 0 Å². The molecule has 0 fully saturated rings. The van der Waals surface area contributed by atoms with Gasteiger partial charge in [-0.15, -0.1) is 67.3 Å². The van der Waals surface area contributed by atoms with Crippen molar-refractivity contribution in [2.24, 2.45) is 0 Å². The number of rotatable bonds is 6. The SMILES string of the molecule is CCc1[cH-]c2ccc3ccccc3c2c1[Si](c1ccccc1)(c1ccccc1)c1c(CC)[cH-]c2ccc3ccccc3c12.[CH3-].[CH3-].[Hf+4]. The Morgan fingerprint density at radius 1 is 0.457 bits per heavy atom. The molecule has 8 aromatic rings. The maximum atomic E-state index is 2.50. The predicted octanol–water partition coefficient (Wildman–Crippen LogP) is 9.14. The summed E-state index contributed by atoms with van der Waals surface area (Å²) in [5.74, 6) is 0. The molecule has 224 valence electrons. The molecule has 0 aliphatic heterocycles. The topological polar surface area (TPSA) is 0 Å². The molecule has 0 heterocycles. The van der Waals surface area contributed by atoms with Crippen molar-refractivity contribution in [1.82, 2.24) is 0 Å². The largest absolute Gasteiger partial charge is 4.00 e. The van der Waals surface area contributed by atoms with Gasteiger partial charge in [-0.05, 0) is 23.6 Å². The molecule has 0 saturated carbocycles. The van der Waals surface area contributed by atoms with Crippen LogP contribution < -0.4 is 20.7 Å². The molecule has 0 saturated heterocycles. The third-order valence-corrected chi connectivity index (χ3v) is 14.7. The van der Waals surface area contributed by atoms with Gasteiger partial charge in [0.1, 0.15) is 0 Å². The summed E-state index contributed by atoms with van der Waals surface area (Å²) >= 11 is 0. The van der Waals surface area contributed by atoms with Crippen LogP contribution in [-0.2, 0) is 38.7 Å². The van der Waals surface area contributed by atoms with E-state index in [1.165, 1.54) is 64.6 Å². The van der Waals surface area contributed by atoms with E-state index in [1.807, 2.05) is 0 Å². The van der Waals surface area contributed by atoms with Gasteiger partial charge in [-0.25, -0.2) is 0 Å². The molecule has 8 aromatic carbocycles. The maximum absolute atomic E-state index is 2.89. The minimum absolute atomic E-state index is 0. The molecule has 0 aliphatic carbocycles.